The van der Waals surface area contributed by atoms with Gasteiger partial charge in [0.15, 0.2) is 17.5 Å². The quantitative estimate of drug-likeness (QED) is 0.124. The van der Waals surface area contributed by atoms with Crippen LogP contribution in [0.25, 0.3) is 178 Å². The summed E-state index contributed by atoms with van der Waals surface area (Å²) in [5, 5.41) is 9.05. The van der Waals surface area contributed by atoms with Crippen LogP contribution < -0.4 is 9.80 Å². The normalized spacial score (nSPS) is 13.1. The number of hydrogen-bond acceptors (Lipinski definition) is 9. The van der Waals surface area contributed by atoms with Crippen LogP contribution in [0.2, 0.25) is 0 Å². The van der Waals surface area contributed by atoms with E-state index in [2.05, 4.69) is 422 Å². The third-order valence-corrected chi connectivity index (χ3v) is 28.3. The Bertz CT molecular complexity index is 8820. The van der Waals surface area contributed by atoms with Crippen molar-refractivity contribution in [3.63, 3.8) is 0 Å². The van der Waals surface area contributed by atoms with E-state index in [1.165, 1.54) is 100 Å². The first-order chi connectivity index (χ1) is 67.4. The van der Waals surface area contributed by atoms with Crippen molar-refractivity contribution in [2.24, 2.45) is 0 Å². The van der Waals surface area contributed by atoms with Gasteiger partial charge in [0.2, 0.25) is 0 Å². The lowest BCUT2D eigenvalue weighted by molar-refractivity contribution is 0.754. The molecule has 0 atom stereocenters. The summed E-state index contributed by atoms with van der Waals surface area (Å²) in [6.45, 7) is 0. The van der Waals surface area contributed by atoms with E-state index in [1.807, 2.05) is 66.7 Å². The average molecular weight is 1730 g/mol. The third kappa shape index (κ3) is 12.2. The summed E-state index contributed by atoms with van der Waals surface area (Å²) < 4.78 is 0. The number of para-hydroxylation sites is 8. The summed E-state index contributed by atoms with van der Waals surface area (Å²) in [6.07, 6.45) is 0. The fraction of sp³-hybridized carbons (Fsp3) is 0.0157. The van der Waals surface area contributed by atoms with Crippen molar-refractivity contribution in [3.05, 3.63) is 524 Å². The molecule has 0 N–H and O–H groups in total. The Labute approximate surface area is 785 Å². The molecule has 136 heavy (non-hydrogen) atoms. The smallest absolute Gasteiger partial charge is 0.164 e. The first kappa shape index (κ1) is 77.9. The van der Waals surface area contributed by atoms with Gasteiger partial charge in [0, 0.05) is 82.6 Å². The largest absolute Gasteiger partial charge is 0.310 e. The Morgan fingerprint density at radius 2 is 0.471 bits per heavy atom. The minimum absolute atomic E-state index is 0.630. The molecule has 19 aromatic carbocycles. The van der Waals surface area contributed by atoms with Crippen LogP contribution in [0.15, 0.2) is 479 Å². The Balaban J connectivity index is 0.000000138. The van der Waals surface area contributed by atoms with Crippen molar-refractivity contribution >= 4 is 99.3 Å². The van der Waals surface area contributed by atoms with E-state index in [0.717, 1.165) is 139 Å². The lowest BCUT2D eigenvalue weighted by Gasteiger charge is -2.45. The van der Waals surface area contributed by atoms with Crippen LogP contribution in [0, 0.1) is 0 Å². The van der Waals surface area contributed by atoms with Gasteiger partial charge < -0.3 is 9.80 Å². The van der Waals surface area contributed by atoms with Gasteiger partial charge in [0.25, 0.3) is 0 Å². The predicted octanol–water partition coefficient (Wildman–Crippen LogP) is 31.7. The van der Waals surface area contributed by atoms with E-state index < -0.39 is 10.8 Å². The number of nitrogens with zero attached hydrogens (tertiary/aromatic N) is 9. The van der Waals surface area contributed by atoms with Crippen molar-refractivity contribution in [3.8, 4) is 113 Å². The summed E-state index contributed by atoms with van der Waals surface area (Å²) in [5.74, 6) is 1.91. The molecule has 0 saturated heterocycles. The molecule has 28 rings (SSSR count). The molecule has 24 aromatic rings. The minimum atomic E-state index is -0.641. The minimum Gasteiger partial charge on any atom is -0.310 e. The molecule has 9 nitrogen and oxygen atoms in total. The molecule has 2 aliphatic heterocycles. The molecular formula is C127H79N9. The van der Waals surface area contributed by atoms with E-state index in [-0.39, 0.29) is 0 Å². The second kappa shape index (κ2) is 31.4. The highest BCUT2D eigenvalue weighted by atomic mass is 15.2. The monoisotopic (exact) mass is 1730 g/mol. The van der Waals surface area contributed by atoms with Crippen LogP contribution in [0.3, 0.4) is 0 Å². The van der Waals surface area contributed by atoms with E-state index >= 15 is 0 Å². The maximum atomic E-state index is 5.47. The zero-order valence-corrected chi connectivity index (χ0v) is 73.6. The molecule has 4 aliphatic rings. The van der Waals surface area contributed by atoms with E-state index in [9.17, 15) is 0 Å². The molecule has 0 unspecified atom stereocenters. The van der Waals surface area contributed by atoms with Gasteiger partial charge in [0.1, 0.15) is 0 Å². The summed E-state index contributed by atoms with van der Waals surface area (Å²) in [4.78, 5) is 41.4. The molecular weight excluding hydrogens is 1650 g/mol. The fourth-order valence-corrected chi connectivity index (χ4v) is 22.3. The highest BCUT2D eigenvalue weighted by molar-refractivity contribution is 6.17. The number of anilines is 6. The topological polar surface area (TPSA) is 96.7 Å². The Morgan fingerprint density at radius 1 is 0.169 bits per heavy atom. The van der Waals surface area contributed by atoms with Crippen molar-refractivity contribution in [1.29, 1.82) is 0 Å². The van der Waals surface area contributed by atoms with Gasteiger partial charge in [-0.05, 0) is 198 Å². The molecule has 7 heterocycles. The molecule has 0 radical (unpaired) electrons. The molecule has 2 aliphatic carbocycles. The van der Waals surface area contributed by atoms with Crippen molar-refractivity contribution in [1.82, 2.24) is 34.9 Å². The van der Waals surface area contributed by atoms with Crippen molar-refractivity contribution in [2.75, 3.05) is 9.80 Å². The zero-order chi connectivity index (χ0) is 89.5. The van der Waals surface area contributed by atoms with Crippen LogP contribution in [-0.2, 0) is 10.8 Å². The second-order valence-electron chi connectivity index (χ2n) is 35.6. The summed E-state index contributed by atoms with van der Waals surface area (Å²) in [7, 11) is 0. The van der Waals surface area contributed by atoms with Gasteiger partial charge >= 0.3 is 0 Å². The molecule has 0 bridgehead atoms. The first-order valence-corrected chi connectivity index (χ1v) is 46.4. The number of fused-ring (bicyclic) bond motifs is 27. The first-order valence-electron chi connectivity index (χ1n) is 46.4. The third-order valence-electron chi connectivity index (χ3n) is 28.3. The molecule has 0 fully saturated rings. The van der Waals surface area contributed by atoms with Gasteiger partial charge in [-0.1, -0.05) is 370 Å². The number of benzene rings is 19. The van der Waals surface area contributed by atoms with E-state index in [1.54, 1.807) is 0 Å². The van der Waals surface area contributed by atoms with Gasteiger partial charge in [-0.25, -0.2) is 34.9 Å². The highest BCUT2D eigenvalue weighted by Gasteiger charge is 2.54. The Morgan fingerprint density at radius 3 is 0.882 bits per heavy atom. The molecule has 632 valence electrons. The maximum Gasteiger partial charge on any atom is 0.164 e. The summed E-state index contributed by atoms with van der Waals surface area (Å²) in [6, 6.07) is 172. The Kier molecular flexibility index (Phi) is 17.9. The number of hydrogen-bond donors (Lipinski definition) is 0. The van der Waals surface area contributed by atoms with Crippen LogP contribution in [-0.4, -0.2) is 34.9 Å². The molecule has 0 saturated carbocycles. The maximum absolute atomic E-state index is 5.47. The fourth-order valence-electron chi connectivity index (χ4n) is 22.3. The standard InChI is InChI=1S/C65H41N5.C62H38N4/c1-5-19-43(20-6-1)61-53-40-52-51-39-47(42-33-35-46(36-34-42)64-68-62(44-21-7-2-8-22-44)67-63(69-64)45-23-9-3-10-24-45)37-38-54(51)65(57(52)41-50(53)49-27-13-16-30-58(49)66-61)55-28-14-17-31-59(55)70(48-25-11-4-12-26-48)60-32-18-15-29-56(60)65;1-4-16-39(17-5-1)54-34-31-41-28-29-42-32-35-55(64-61(42)60(41)63-54)43-30-33-50-47(36-43)48-37-49-46(45-22-10-13-25-56(45)65-59(49)40-18-6-2-7-19-40)38-53(48)62(50)51-23-11-14-26-57(51)66(44-20-8-3-9-21-44)58-27-15-12-24-52(58)62/h1-41H;1-38H. The number of rotatable bonds is 10. The summed E-state index contributed by atoms with van der Waals surface area (Å²) >= 11 is 0. The summed E-state index contributed by atoms with van der Waals surface area (Å²) in [5.41, 5.74) is 37.4. The Hall–Kier alpha value is -18.1. The lowest BCUT2D eigenvalue weighted by Crippen LogP contribution is -2.36. The van der Waals surface area contributed by atoms with Gasteiger partial charge in [-0.2, -0.15) is 0 Å². The van der Waals surface area contributed by atoms with Crippen LogP contribution in [0.4, 0.5) is 34.1 Å². The van der Waals surface area contributed by atoms with Crippen LogP contribution in [0.5, 0.6) is 0 Å². The molecule has 2 spiro atoms. The van der Waals surface area contributed by atoms with Gasteiger partial charge in [0.05, 0.1) is 78.4 Å². The molecule has 5 aromatic heterocycles. The highest BCUT2D eigenvalue weighted by Crippen LogP contribution is 2.67. The van der Waals surface area contributed by atoms with Crippen molar-refractivity contribution in [2.45, 2.75) is 10.8 Å². The number of aromatic nitrogens is 7. The molecule has 0 amide bonds. The average Bonchev–Trinajstić information content (AvgIpc) is 1.51. The van der Waals surface area contributed by atoms with Crippen LogP contribution >= 0.6 is 0 Å². The van der Waals surface area contributed by atoms with Gasteiger partial charge in [-0.15, -0.1) is 0 Å². The van der Waals surface area contributed by atoms with E-state index in [0.29, 0.717) is 17.5 Å². The predicted molar refractivity (Wildman–Crippen MR) is 557 cm³/mol. The zero-order valence-electron chi connectivity index (χ0n) is 73.6. The van der Waals surface area contributed by atoms with E-state index in [4.69, 9.17) is 34.9 Å². The van der Waals surface area contributed by atoms with Crippen LogP contribution in [0.1, 0.15) is 44.5 Å². The van der Waals surface area contributed by atoms with Crippen molar-refractivity contribution < 1.29 is 0 Å². The second-order valence-corrected chi connectivity index (χ2v) is 35.6. The lowest BCUT2D eigenvalue weighted by atomic mass is 9.64. The molecule has 9 heteroatoms. The SMILES string of the molecule is c1ccc(-c2ccc3ccc4ccc(-c5ccc6c(c5)-c5cc7c(-c8ccccc8)nc8ccccc8c7cc5C65c6ccccc6N(c6ccccc6)c6ccccc65)nc4c3n2)cc1.c1ccc(-c2nc(-c3ccccc3)nc(-c3ccc(-c4ccc5c(c4)-c4cc6c(-c7ccccc7)nc7ccccc7c6cc4C54c5ccccc5N(c5ccccc5)c5ccccc54)cc3)n2)cc1. The van der Waals surface area contributed by atoms with Gasteiger partial charge in [-0.3, -0.25) is 0 Å². The number of pyridine rings is 4.